The molecule has 1 heterocycles. The van der Waals surface area contributed by atoms with Crippen LogP contribution in [-0.2, 0) is 0 Å². The van der Waals surface area contributed by atoms with Crippen molar-refractivity contribution in [3.05, 3.63) is 66.0 Å². The van der Waals surface area contributed by atoms with Crippen molar-refractivity contribution in [3.63, 3.8) is 0 Å². The van der Waals surface area contributed by atoms with Gasteiger partial charge in [0.1, 0.15) is 29.0 Å². The zero-order valence-corrected chi connectivity index (χ0v) is 11.1. The molecule has 22 heavy (non-hydrogen) atoms. The van der Waals surface area contributed by atoms with Crippen LogP contribution in [0.15, 0.2) is 48.5 Å². The maximum absolute atomic E-state index is 13.9. The van der Waals surface area contributed by atoms with E-state index in [9.17, 15) is 13.2 Å². The van der Waals surface area contributed by atoms with E-state index in [-0.39, 0.29) is 0 Å². The summed E-state index contributed by atoms with van der Waals surface area (Å²) in [5.74, 6) is -2.15. The molecule has 2 nitrogen and oxygen atoms in total. The van der Waals surface area contributed by atoms with Crippen molar-refractivity contribution in [2.45, 2.75) is 0 Å². The zero-order valence-electron chi connectivity index (χ0n) is 11.1. The summed E-state index contributed by atoms with van der Waals surface area (Å²) < 4.78 is 52.0. The van der Waals surface area contributed by atoms with E-state index in [0.29, 0.717) is 23.6 Å². The number of hydrogen-bond acceptors (Lipinski definition) is 2. The molecule has 6 heteroatoms. The smallest absolute Gasteiger partial charge is 0.521 e. The van der Waals surface area contributed by atoms with Gasteiger partial charge in [-0.15, -0.1) is 0 Å². The standard InChI is InChI=1S/C16H8BF3O2/c18-10-7-11(19)16(12(20)8-10)17-21-13-5-1-3-9-4-2-6-14(22-17)15(9)13/h1-8H. The second-order valence-corrected chi connectivity index (χ2v) is 4.96. The summed E-state index contributed by atoms with van der Waals surface area (Å²) in [6.07, 6.45) is 0. The van der Waals surface area contributed by atoms with Gasteiger partial charge in [0, 0.05) is 12.1 Å². The molecule has 1 aliphatic heterocycles. The monoisotopic (exact) mass is 300 g/mol. The van der Waals surface area contributed by atoms with E-state index >= 15 is 0 Å². The first-order chi connectivity index (χ1) is 10.6. The highest BCUT2D eigenvalue weighted by atomic mass is 19.1. The van der Waals surface area contributed by atoms with Gasteiger partial charge >= 0.3 is 7.12 Å². The average molecular weight is 300 g/mol. The maximum atomic E-state index is 13.9. The zero-order chi connectivity index (χ0) is 15.3. The molecule has 0 fully saturated rings. The normalized spacial score (nSPS) is 13.0. The molecule has 0 amide bonds. The minimum Gasteiger partial charge on any atom is -0.521 e. The summed E-state index contributed by atoms with van der Waals surface area (Å²) in [6, 6.07) is 11.9. The highest BCUT2D eigenvalue weighted by Gasteiger charge is 2.37. The second kappa shape index (κ2) is 4.69. The van der Waals surface area contributed by atoms with Crippen LogP contribution < -0.4 is 14.8 Å². The number of halogens is 3. The van der Waals surface area contributed by atoms with E-state index in [0.717, 1.165) is 10.8 Å². The van der Waals surface area contributed by atoms with Gasteiger partial charge in [0.2, 0.25) is 0 Å². The lowest BCUT2D eigenvalue weighted by Crippen LogP contribution is -2.47. The van der Waals surface area contributed by atoms with E-state index in [4.69, 9.17) is 9.31 Å². The maximum Gasteiger partial charge on any atom is 0.638 e. The molecule has 0 saturated heterocycles. The molecule has 0 saturated carbocycles. The highest BCUT2D eigenvalue weighted by molar-refractivity contribution is 6.63. The molecule has 0 aliphatic carbocycles. The Balaban J connectivity index is 1.86. The van der Waals surface area contributed by atoms with Crippen LogP contribution in [0.25, 0.3) is 10.8 Å². The topological polar surface area (TPSA) is 18.5 Å². The third-order valence-electron chi connectivity index (χ3n) is 3.58. The Morgan fingerprint density at radius 1 is 0.773 bits per heavy atom. The lowest BCUT2D eigenvalue weighted by Gasteiger charge is -2.25. The van der Waals surface area contributed by atoms with Gasteiger partial charge in [0.15, 0.2) is 0 Å². The fourth-order valence-corrected chi connectivity index (χ4v) is 2.62. The van der Waals surface area contributed by atoms with Crippen LogP contribution in [0, 0.1) is 17.5 Å². The van der Waals surface area contributed by atoms with E-state index in [1.807, 2.05) is 12.1 Å². The van der Waals surface area contributed by atoms with Crippen molar-refractivity contribution in [1.29, 1.82) is 0 Å². The van der Waals surface area contributed by atoms with Gasteiger partial charge in [-0.3, -0.25) is 0 Å². The van der Waals surface area contributed by atoms with Crippen molar-refractivity contribution >= 4 is 23.4 Å². The molecule has 0 aromatic heterocycles. The largest absolute Gasteiger partial charge is 0.638 e. The lowest BCUT2D eigenvalue weighted by atomic mass is 9.76. The van der Waals surface area contributed by atoms with E-state index in [1.165, 1.54) is 0 Å². The Morgan fingerprint density at radius 2 is 1.32 bits per heavy atom. The van der Waals surface area contributed by atoms with Gasteiger partial charge in [-0.2, -0.15) is 0 Å². The molecule has 0 radical (unpaired) electrons. The molecule has 0 N–H and O–H groups in total. The predicted octanol–water partition coefficient (Wildman–Crippen LogP) is 3.42. The van der Waals surface area contributed by atoms with E-state index < -0.39 is 30.0 Å². The van der Waals surface area contributed by atoms with Gasteiger partial charge in [-0.05, 0) is 17.5 Å². The molecule has 3 aromatic carbocycles. The first kappa shape index (κ1) is 13.1. The third kappa shape index (κ3) is 1.91. The molecule has 0 unspecified atom stereocenters. The third-order valence-corrected chi connectivity index (χ3v) is 3.58. The number of hydrogen-bond donors (Lipinski definition) is 0. The Labute approximate surface area is 124 Å². The van der Waals surface area contributed by atoms with Gasteiger partial charge in [-0.25, -0.2) is 13.2 Å². The first-order valence-corrected chi connectivity index (χ1v) is 6.63. The lowest BCUT2D eigenvalue weighted by molar-refractivity contribution is 0.422. The minimum absolute atomic E-state index is 0.451. The van der Waals surface area contributed by atoms with Gasteiger partial charge in [0.25, 0.3) is 0 Å². The molecule has 0 atom stereocenters. The van der Waals surface area contributed by atoms with Crippen molar-refractivity contribution in [1.82, 2.24) is 0 Å². The SMILES string of the molecule is Fc1cc(F)c(B2Oc3cccc4cccc(c34)O2)c(F)c1. The van der Waals surface area contributed by atoms with Gasteiger partial charge in [-0.1, -0.05) is 24.3 Å². The summed E-state index contributed by atoms with van der Waals surface area (Å²) >= 11 is 0. The van der Waals surface area contributed by atoms with Gasteiger partial charge < -0.3 is 9.31 Å². The van der Waals surface area contributed by atoms with Crippen LogP contribution in [0.5, 0.6) is 11.5 Å². The summed E-state index contributed by atoms with van der Waals surface area (Å²) in [6.45, 7) is 0. The Kier molecular flexibility index (Phi) is 2.79. The molecule has 3 aromatic rings. The van der Waals surface area contributed by atoms with Crippen LogP contribution >= 0.6 is 0 Å². The van der Waals surface area contributed by atoms with E-state index in [1.54, 1.807) is 24.3 Å². The second-order valence-electron chi connectivity index (χ2n) is 4.96. The summed E-state index contributed by atoms with van der Waals surface area (Å²) in [5, 5.41) is 1.64. The Hall–Kier alpha value is -2.63. The molecular weight excluding hydrogens is 292 g/mol. The van der Waals surface area contributed by atoms with Crippen LogP contribution in [0.2, 0.25) is 0 Å². The molecule has 0 bridgehead atoms. The van der Waals surface area contributed by atoms with Gasteiger partial charge in [0.05, 0.1) is 10.8 Å². The van der Waals surface area contributed by atoms with Crippen molar-refractivity contribution in [2.75, 3.05) is 0 Å². The Morgan fingerprint density at radius 3 is 1.86 bits per heavy atom. The van der Waals surface area contributed by atoms with Crippen molar-refractivity contribution < 1.29 is 22.5 Å². The van der Waals surface area contributed by atoms with Crippen LogP contribution in [0.4, 0.5) is 13.2 Å². The minimum atomic E-state index is -1.30. The molecule has 108 valence electrons. The molecule has 1 aliphatic rings. The van der Waals surface area contributed by atoms with Crippen molar-refractivity contribution in [3.8, 4) is 11.5 Å². The fourth-order valence-electron chi connectivity index (χ4n) is 2.62. The predicted molar refractivity (Wildman–Crippen MR) is 76.9 cm³/mol. The van der Waals surface area contributed by atoms with Crippen LogP contribution in [0.1, 0.15) is 0 Å². The van der Waals surface area contributed by atoms with Crippen LogP contribution in [0.3, 0.4) is 0 Å². The average Bonchev–Trinajstić information content (AvgIpc) is 2.46. The van der Waals surface area contributed by atoms with Crippen LogP contribution in [-0.4, -0.2) is 7.12 Å². The summed E-state index contributed by atoms with van der Waals surface area (Å²) in [7, 11) is -1.30. The molecular formula is C16H8BF3O2. The fraction of sp³-hybridized carbons (Fsp3) is 0. The number of rotatable bonds is 1. The number of benzene rings is 3. The highest BCUT2D eigenvalue weighted by Crippen LogP contribution is 2.37. The van der Waals surface area contributed by atoms with E-state index in [2.05, 4.69) is 0 Å². The molecule has 4 rings (SSSR count). The quantitative estimate of drug-likeness (QED) is 0.641. The Bertz CT molecular complexity index is 834. The summed E-state index contributed by atoms with van der Waals surface area (Å²) in [4.78, 5) is 0. The molecule has 0 spiro atoms. The first-order valence-electron chi connectivity index (χ1n) is 6.63. The van der Waals surface area contributed by atoms with Crippen molar-refractivity contribution in [2.24, 2.45) is 0 Å². The summed E-state index contributed by atoms with van der Waals surface area (Å²) in [5.41, 5.74) is -0.451.